The largest absolute Gasteiger partial charge is 0.469 e. The number of methoxy groups -OCH3 is 1. The summed E-state index contributed by atoms with van der Waals surface area (Å²) in [6.45, 7) is 6.11. The van der Waals surface area contributed by atoms with Crippen LogP contribution in [0.15, 0.2) is 45.9 Å². The molecule has 1 N–H and O–H groups in total. The average Bonchev–Trinajstić information content (AvgIpc) is 2.66. The highest BCUT2D eigenvalue weighted by molar-refractivity contribution is 7.89. The number of fused-ring (bicyclic) bond motifs is 1. The quantitative estimate of drug-likeness (QED) is 0.472. The lowest BCUT2D eigenvalue weighted by atomic mass is 9.57. The van der Waals surface area contributed by atoms with Gasteiger partial charge in [0.25, 0.3) is 10.0 Å². The zero-order valence-corrected chi connectivity index (χ0v) is 17.7. The van der Waals surface area contributed by atoms with Crippen LogP contribution in [0.5, 0.6) is 0 Å². The van der Waals surface area contributed by atoms with E-state index in [4.69, 9.17) is 4.74 Å². The molecule has 3 atom stereocenters. The molecule has 1 fully saturated rings. The van der Waals surface area contributed by atoms with E-state index in [1.807, 2.05) is 6.92 Å². The second-order valence-corrected chi connectivity index (χ2v) is 9.74. The third kappa shape index (κ3) is 3.85. The molecule has 0 amide bonds. The highest BCUT2D eigenvalue weighted by Crippen LogP contribution is 2.50. The van der Waals surface area contributed by atoms with Crippen LogP contribution in [-0.2, 0) is 19.6 Å². The molecule has 6 nitrogen and oxygen atoms in total. The first-order valence-corrected chi connectivity index (χ1v) is 11.1. The third-order valence-electron chi connectivity index (χ3n) is 6.23. The Bertz CT molecular complexity index is 918. The number of rotatable bonds is 4. The second kappa shape index (κ2) is 7.70. The summed E-state index contributed by atoms with van der Waals surface area (Å²) >= 11 is 0. The first kappa shape index (κ1) is 20.6. The smallest absolute Gasteiger partial charge is 0.309 e. The number of nitrogens with zero attached hydrogens (tertiary/aromatic N) is 1. The zero-order chi connectivity index (χ0) is 20.5. The fourth-order valence-corrected chi connectivity index (χ4v) is 5.28. The van der Waals surface area contributed by atoms with Gasteiger partial charge in [-0.25, -0.2) is 4.83 Å². The van der Waals surface area contributed by atoms with Crippen molar-refractivity contribution in [2.75, 3.05) is 7.11 Å². The molecule has 2 aliphatic rings. The summed E-state index contributed by atoms with van der Waals surface area (Å²) in [7, 11) is -2.38. The van der Waals surface area contributed by atoms with Crippen LogP contribution >= 0.6 is 0 Å². The van der Waals surface area contributed by atoms with Gasteiger partial charge in [0.2, 0.25) is 0 Å². The number of hydrogen-bond acceptors (Lipinski definition) is 5. The Morgan fingerprint density at radius 2 is 1.93 bits per heavy atom. The van der Waals surface area contributed by atoms with E-state index >= 15 is 0 Å². The lowest BCUT2D eigenvalue weighted by Gasteiger charge is -2.47. The van der Waals surface area contributed by atoms with Gasteiger partial charge in [0.05, 0.1) is 17.9 Å². The number of allylic oxidation sites excluding steroid dienone is 2. The van der Waals surface area contributed by atoms with Crippen LogP contribution in [0.25, 0.3) is 0 Å². The van der Waals surface area contributed by atoms with Gasteiger partial charge in [-0.3, -0.25) is 4.79 Å². The maximum Gasteiger partial charge on any atom is 0.309 e. The van der Waals surface area contributed by atoms with E-state index in [0.717, 1.165) is 24.1 Å². The number of ether oxygens (including phenoxy) is 1. The Morgan fingerprint density at radius 3 is 2.57 bits per heavy atom. The number of aryl methyl sites for hydroxylation is 1. The minimum Gasteiger partial charge on any atom is -0.469 e. The van der Waals surface area contributed by atoms with Gasteiger partial charge >= 0.3 is 5.97 Å². The molecule has 0 unspecified atom stereocenters. The zero-order valence-electron chi connectivity index (χ0n) is 16.9. The summed E-state index contributed by atoms with van der Waals surface area (Å²) in [5.74, 6) is -0.427. The average molecular weight is 405 g/mol. The summed E-state index contributed by atoms with van der Waals surface area (Å²) in [6.07, 6.45) is 5.12. The number of hydrogen-bond donors (Lipinski definition) is 1. The van der Waals surface area contributed by atoms with E-state index in [1.54, 1.807) is 24.3 Å². The Hall–Kier alpha value is -2.15. The maximum absolute atomic E-state index is 12.7. The molecule has 0 aliphatic heterocycles. The number of hydrazone groups is 1. The van der Waals surface area contributed by atoms with E-state index in [-0.39, 0.29) is 28.1 Å². The Balaban J connectivity index is 1.93. The van der Waals surface area contributed by atoms with Crippen molar-refractivity contribution in [2.24, 2.45) is 22.4 Å². The molecule has 0 saturated heterocycles. The molecule has 1 aromatic rings. The summed E-state index contributed by atoms with van der Waals surface area (Å²) in [5, 5.41) is 4.35. The van der Waals surface area contributed by atoms with Crippen molar-refractivity contribution in [1.82, 2.24) is 4.83 Å². The van der Waals surface area contributed by atoms with Gasteiger partial charge < -0.3 is 4.74 Å². The van der Waals surface area contributed by atoms with Crippen molar-refractivity contribution in [3.63, 3.8) is 0 Å². The highest BCUT2D eigenvalue weighted by Gasteiger charge is 2.48. The van der Waals surface area contributed by atoms with Crippen molar-refractivity contribution < 1.29 is 17.9 Å². The number of carbonyl (C=O) groups excluding carboxylic acids is 1. The van der Waals surface area contributed by atoms with E-state index < -0.39 is 10.0 Å². The SMILES string of the molecule is COC(=O)[C@H]1C/C(=N/NS(=O)(=O)c2ccc(C)cc2)[C@]2(C)CCC=C(C)[C@H]2C1. The molecule has 0 heterocycles. The first-order chi connectivity index (χ1) is 13.2. The van der Waals surface area contributed by atoms with Crippen molar-refractivity contribution in [1.29, 1.82) is 0 Å². The maximum atomic E-state index is 12.7. The first-order valence-electron chi connectivity index (χ1n) is 9.57. The van der Waals surface area contributed by atoms with Crippen LogP contribution in [-0.4, -0.2) is 27.2 Å². The number of benzene rings is 1. The molecule has 28 heavy (non-hydrogen) atoms. The molecule has 3 rings (SSSR count). The molecule has 1 saturated carbocycles. The van der Waals surface area contributed by atoms with Gasteiger partial charge in [-0.15, -0.1) is 0 Å². The minimum atomic E-state index is -3.77. The van der Waals surface area contributed by atoms with Crippen LogP contribution in [0.2, 0.25) is 0 Å². The Morgan fingerprint density at radius 1 is 1.25 bits per heavy atom. The third-order valence-corrected chi connectivity index (χ3v) is 7.46. The van der Waals surface area contributed by atoms with Crippen LogP contribution in [0, 0.1) is 24.2 Å². The summed E-state index contributed by atoms with van der Waals surface area (Å²) in [4.78, 5) is 14.8. The number of nitrogens with one attached hydrogen (secondary N) is 1. The van der Waals surface area contributed by atoms with E-state index in [0.29, 0.717) is 12.8 Å². The monoisotopic (exact) mass is 404 g/mol. The molecule has 7 heteroatoms. The van der Waals surface area contributed by atoms with Crippen LogP contribution in [0.4, 0.5) is 0 Å². The predicted octanol–water partition coefficient (Wildman–Crippen LogP) is 3.57. The molecule has 2 aliphatic carbocycles. The highest BCUT2D eigenvalue weighted by atomic mass is 32.2. The Labute approximate surface area is 167 Å². The predicted molar refractivity (Wildman–Crippen MR) is 108 cm³/mol. The lowest BCUT2D eigenvalue weighted by Crippen LogP contribution is -2.47. The fraction of sp³-hybridized carbons (Fsp3) is 0.524. The van der Waals surface area contributed by atoms with Gasteiger partial charge in [0.15, 0.2) is 0 Å². The van der Waals surface area contributed by atoms with Crippen LogP contribution in [0.1, 0.15) is 45.1 Å². The lowest BCUT2D eigenvalue weighted by molar-refractivity contribution is -0.146. The molecule has 0 radical (unpaired) electrons. The van der Waals surface area contributed by atoms with Gasteiger partial charge in [0.1, 0.15) is 0 Å². The van der Waals surface area contributed by atoms with Crippen molar-refractivity contribution in [2.45, 2.75) is 51.3 Å². The second-order valence-electron chi connectivity index (χ2n) is 8.08. The van der Waals surface area contributed by atoms with Crippen molar-refractivity contribution in [3.8, 4) is 0 Å². The van der Waals surface area contributed by atoms with E-state index in [9.17, 15) is 13.2 Å². The van der Waals surface area contributed by atoms with E-state index in [1.165, 1.54) is 12.7 Å². The van der Waals surface area contributed by atoms with Crippen molar-refractivity contribution in [3.05, 3.63) is 41.5 Å². The summed E-state index contributed by atoms with van der Waals surface area (Å²) < 4.78 is 30.3. The molecule has 0 spiro atoms. The van der Waals surface area contributed by atoms with Gasteiger partial charge in [-0.2, -0.15) is 13.5 Å². The molecule has 0 bridgehead atoms. The van der Waals surface area contributed by atoms with E-state index in [2.05, 4.69) is 29.9 Å². The van der Waals surface area contributed by atoms with Gasteiger partial charge in [-0.1, -0.05) is 36.3 Å². The minimum absolute atomic E-state index is 0.154. The van der Waals surface area contributed by atoms with Crippen LogP contribution < -0.4 is 4.83 Å². The molecular formula is C21H28N2O4S. The van der Waals surface area contributed by atoms with Crippen LogP contribution in [0.3, 0.4) is 0 Å². The molecule has 0 aromatic heterocycles. The van der Waals surface area contributed by atoms with Gasteiger partial charge in [0, 0.05) is 17.5 Å². The fourth-order valence-electron chi connectivity index (χ4n) is 4.45. The Kier molecular flexibility index (Phi) is 5.66. The number of sulfonamides is 1. The number of carbonyl (C=O) groups is 1. The molecular weight excluding hydrogens is 376 g/mol. The van der Waals surface area contributed by atoms with Crippen molar-refractivity contribution >= 4 is 21.7 Å². The topological polar surface area (TPSA) is 84.8 Å². The number of esters is 1. The normalized spacial score (nSPS) is 29.0. The molecule has 1 aromatic carbocycles. The summed E-state index contributed by atoms with van der Waals surface area (Å²) in [5.41, 5.74) is 2.68. The standard InChI is InChI=1S/C21H28N2O4S/c1-14-7-9-17(10-8-14)28(25,26)23-22-19-13-16(20(24)27-4)12-18-15(2)6-5-11-21(18,19)3/h6-10,16,18,23H,5,11-13H2,1-4H3/b22-19-/t16-,18-,21-/m1/s1. The van der Waals surface area contributed by atoms with Gasteiger partial charge in [-0.05, 0) is 51.2 Å². The molecule has 152 valence electrons. The summed E-state index contributed by atoms with van der Waals surface area (Å²) in [6, 6.07) is 6.63.